The highest BCUT2D eigenvalue weighted by Crippen LogP contribution is 2.29. The summed E-state index contributed by atoms with van der Waals surface area (Å²) in [6, 6.07) is 2.45. The molecule has 0 aliphatic rings. The molecule has 0 aliphatic heterocycles. The predicted octanol–water partition coefficient (Wildman–Crippen LogP) is 3.92. The first-order chi connectivity index (χ1) is 9.40. The second-order valence-electron chi connectivity index (χ2n) is 3.77. The van der Waals surface area contributed by atoms with Crippen LogP contribution in [-0.4, -0.2) is 15.8 Å². The number of hydrogen-bond donors (Lipinski definition) is 1. The van der Waals surface area contributed by atoms with Crippen molar-refractivity contribution in [2.24, 2.45) is 0 Å². The molecule has 0 saturated heterocycles. The lowest BCUT2D eigenvalue weighted by molar-refractivity contribution is -0.384. The third kappa shape index (κ3) is 2.90. The van der Waals surface area contributed by atoms with Crippen molar-refractivity contribution in [2.75, 3.05) is 5.32 Å². The zero-order valence-electron chi connectivity index (χ0n) is 10.0. The normalized spacial score (nSPS) is 10.3. The number of rotatable bonds is 3. The third-order valence-corrected chi connectivity index (χ3v) is 4.28. The number of thiophene rings is 1. The molecule has 104 valence electrons. The van der Waals surface area contributed by atoms with Crippen LogP contribution in [0.4, 0.5) is 11.5 Å². The molecule has 0 aliphatic carbocycles. The number of nitrogens with zero attached hydrogens (tertiary/aromatic N) is 2. The first-order valence-electron chi connectivity index (χ1n) is 5.26. The highest BCUT2D eigenvalue weighted by Gasteiger charge is 2.21. The van der Waals surface area contributed by atoms with Crippen LogP contribution in [0.2, 0.25) is 10.2 Å². The fourth-order valence-corrected chi connectivity index (χ4v) is 2.74. The van der Waals surface area contributed by atoms with Crippen molar-refractivity contribution in [3.8, 4) is 0 Å². The molecule has 0 bridgehead atoms. The molecule has 0 aromatic carbocycles. The van der Waals surface area contributed by atoms with Crippen molar-refractivity contribution in [1.29, 1.82) is 0 Å². The predicted molar refractivity (Wildman–Crippen MR) is 77.9 cm³/mol. The minimum Gasteiger partial charge on any atom is -0.300 e. The number of carbonyl (C=O) groups is 1. The summed E-state index contributed by atoms with van der Waals surface area (Å²) in [5.74, 6) is -0.777. The first kappa shape index (κ1) is 14.7. The standard InChI is InChI=1S/C11H7Cl2N3O3S/c1-5-4-20-9(8(5)13)11(17)15-10-6(16(18)19)2-3-7(12)14-10/h2-4H,1H3,(H,14,15,17). The van der Waals surface area contributed by atoms with E-state index >= 15 is 0 Å². The molecule has 20 heavy (non-hydrogen) atoms. The van der Waals surface area contributed by atoms with Crippen molar-refractivity contribution in [3.05, 3.63) is 48.2 Å². The Morgan fingerprint density at radius 3 is 2.70 bits per heavy atom. The van der Waals surface area contributed by atoms with E-state index < -0.39 is 10.8 Å². The van der Waals surface area contributed by atoms with Crippen molar-refractivity contribution in [2.45, 2.75) is 6.92 Å². The van der Waals surface area contributed by atoms with Gasteiger partial charge in [0.15, 0.2) is 0 Å². The summed E-state index contributed by atoms with van der Waals surface area (Å²) in [5.41, 5.74) is 0.419. The fraction of sp³-hybridized carbons (Fsp3) is 0.0909. The minimum absolute atomic E-state index is 0.0411. The summed E-state index contributed by atoms with van der Waals surface area (Å²) >= 11 is 12.8. The number of carbonyl (C=O) groups excluding carboxylic acids is 1. The van der Waals surface area contributed by atoms with Crippen LogP contribution < -0.4 is 5.32 Å². The van der Waals surface area contributed by atoms with E-state index in [9.17, 15) is 14.9 Å². The van der Waals surface area contributed by atoms with Crippen LogP contribution in [0.1, 0.15) is 15.2 Å². The summed E-state index contributed by atoms with van der Waals surface area (Å²) in [4.78, 5) is 26.3. The molecule has 0 atom stereocenters. The van der Waals surface area contributed by atoms with Crippen molar-refractivity contribution in [1.82, 2.24) is 4.98 Å². The Hall–Kier alpha value is -1.70. The van der Waals surface area contributed by atoms with Gasteiger partial charge in [0.2, 0.25) is 5.82 Å². The maximum absolute atomic E-state index is 12.0. The van der Waals surface area contributed by atoms with Gasteiger partial charge in [0.25, 0.3) is 5.91 Å². The molecule has 2 heterocycles. The molecular formula is C11H7Cl2N3O3S. The van der Waals surface area contributed by atoms with Gasteiger partial charge in [0.05, 0.1) is 9.95 Å². The van der Waals surface area contributed by atoms with Gasteiger partial charge < -0.3 is 0 Å². The molecule has 9 heteroatoms. The van der Waals surface area contributed by atoms with Crippen LogP contribution >= 0.6 is 34.5 Å². The molecule has 6 nitrogen and oxygen atoms in total. The number of nitro groups is 1. The highest BCUT2D eigenvalue weighted by atomic mass is 35.5. The Kier molecular flexibility index (Phi) is 4.22. The summed E-state index contributed by atoms with van der Waals surface area (Å²) in [5, 5.41) is 15.3. The van der Waals surface area contributed by atoms with E-state index in [1.165, 1.54) is 12.1 Å². The zero-order valence-corrected chi connectivity index (χ0v) is 12.3. The van der Waals surface area contributed by atoms with E-state index in [-0.39, 0.29) is 21.5 Å². The average molecular weight is 332 g/mol. The van der Waals surface area contributed by atoms with Crippen molar-refractivity contribution in [3.63, 3.8) is 0 Å². The molecule has 0 saturated carbocycles. The number of aryl methyl sites for hydroxylation is 1. The van der Waals surface area contributed by atoms with Crippen LogP contribution in [0.15, 0.2) is 17.5 Å². The van der Waals surface area contributed by atoms with Crippen molar-refractivity contribution >= 4 is 52.0 Å². The number of nitrogens with one attached hydrogen (secondary N) is 1. The largest absolute Gasteiger partial charge is 0.311 e. The Morgan fingerprint density at radius 1 is 1.45 bits per heavy atom. The third-order valence-electron chi connectivity index (χ3n) is 2.37. The number of amides is 1. The number of aromatic nitrogens is 1. The Balaban J connectivity index is 2.35. The van der Waals surface area contributed by atoms with Gasteiger partial charge in [0, 0.05) is 6.07 Å². The molecular weight excluding hydrogens is 325 g/mol. The molecule has 2 rings (SSSR count). The molecule has 0 unspecified atom stereocenters. The van der Waals surface area contributed by atoms with Crippen molar-refractivity contribution < 1.29 is 9.72 Å². The van der Waals surface area contributed by atoms with Crippen LogP contribution in [0.3, 0.4) is 0 Å². The highest BCUT2D eigenvalue weighted by molar-refractivity contribution is 7.13. The van der Waals surface area contributed by atoms with E-state index in [0.717, 1.165) is 16.9 Å². The smallest absolute Gasteiger partial charge is 0.300 e. The van der Waals surface area contributed by atoms with Gasteiger partial charge in [-0.05, 0) is 23.9 Å². The lowest BCUT2D eigenvalue weighted by Crippen LogP contribution is -2.13. The number of hydrogen-bond acceptors (Lipinski definition) is 5. The Bertz CT molecular complexity index is 702. The molecule has 1 amide bonds. The molecule has 0 radical (unpaired) electrons. The number of halogens is 2. The first-order valence-corrected chi connectivity index (χ1v) is 6.89. The monoisotopic (exact) mass is 331 g/mol. The fourth-order valence-electron chi connectivity index (χ4n) is 1.41. The summed E-state index contributed by atoms with van der Waals surface area (Å²) in [7, 11) is 0. The van der Waals surface area contributed by atoms with E-state index in [1.54, 1.807) is 12.3 Å². The van der Waals surface area contributed by atoms with Gasteiger partial charge >= 0.3 is 5.69 Å². The van der Waals surface area contributed by atoms with E-state index in [0.29, 0.717) is 5.02 Å². The van der Waals surface area contributed by atoms with Crippen LogP contribution in [0, 0.1) is 17.0 Å². The van der Waals surface area contributed by atoms with E-state index in [1.807, 2.05) is 0 Å². The number of pyridine rings is 1. The lowest BCUT2D eigenvalue weighted by atomic mass is 10.3. The zero-order chi connectivity index (χ0) is 14.9. The number of anilines is 1. The van der Waals surface area contributed by atoms with Crippen LogP contribution in [0.5, 0.6) is 0 Å². The second kappa shape index (κ2) is 5.74. The quantitative estimate of drug-likeness (QED) is 0.524. The van der Waals surface area contributed by atoms with Gasteiger partial charge in [-0.1, -0.05) is 23.2 Å². The molecule has 2 aromatic rings. The maximum atomic E-state index is 12.0. The topological polar surface area (TPSA) is 85.1 Å². The van der Waals surface area contributed by atoms with Gasteiger partial charge in [-0.25, -0.2) is 4.98 Å². The molecule has 0 spiro atoms. The van der Waals surface area contributed by atoms with Gasteiger partial charge in [0.1, 0.15) is 10.0 Å². The minimum atomic E-state index is -0.653. The summed E-state index contributed by atoms with van der Waals surface area (Å²) < 4.78 is 0. The van der Waals surface area contributed by atoms with Crippen LogP contribution in [0.25, 0.3) is 0 Å². The Morgan fingerprint density at radius 2 is 2.15 bits per heavy atom. The summed E-state index contributed by atoms with van der Waals surface area (Å²) in [6.45, 7) is 1.76. The lowest BCUT2D eigenvalue weighted by Gasteiger charge is -2.04. The second-order valence-corrected chi connectivity index (χ2v) is 5.42. The SMILES string of the molecule is Cc1csc(C(=O)Nc2nc(Cl)ccc2[N+](=O)[O-])c1Cl. The Labute approximate surface area is 127 Å². The molecule has 0 fully saturated rings. The average Bonchev–Trinajstić information content (AvgIpc) is 2.69. The summed E-state index contributed by atoms with van der Waals surface area (Å²) in [6.07, 6.45) is 0. The molecule has 2 aromatic heterocycles. The van der Waals surface area contributed by atoms with Gasteiger partial charge in [-0.15, -0.1) is 11.3 Å². The van der Waals surface area contributed by atoms with E-state index in [2.05, 4.69) is 10.3 Å². The molecule has 1 N–H and O–H groups in total. The maximum Gasteiger partial charge on any atom is 0.311 e. The van der Waals surface area contributed by atoms with E-state index in [4.69, 9.17) is 23.2 Å². The van der Waals surface area contributed by atoms with Gasteiger partial charge in [-0.3, -0.25) is 20.2 Å². The van der Waals surface area contributed by atoms with Gasteiger partial charge in [-0.2, -0.15) is 0 Å². The van der Waals surface area contributed by atoms with Crippen LogP contribution in [-0.2, 0) is 0 Å².